The van der Waals surface area contributed by atoms with E-state index in [1.54, 1.807) is 0 Å². The van der Waals surface area contributed by atoms with Crippen molar-refractivity contribution >= 4 is 11.8 Å². The van der Waals surface area contributed by atoms with Crippen LogP contribution < -0.4 is 0 Å². The number of amides is 2. The van der Waals surface area contributed by atoms with Gasteiger partial charge >= 0.3 is 0 Å². The van der Waals surface area contributed by atoms with Crippen LogP contribution in [-0.4, -0.2) is 47.8 Å². The summed E-state index contributed by atoms with van der Waals surface area (Å²) in [5, 5.41) is 0. The molecule has 30 heavy (non-hydrogen) atoms. The fourth-order valence-electron chi connectivity index (χ4n) is 8.78. The Morgan fingerprint density at radius 1 is 0.633 bits per heavy atom. The third kappa shape index (κ3) is 3.41. The molecule has 4 heteroatoms. The molecule has 0 aromatic carbocycles. The number of hydrogen-bond donors (Lipinski definition) is 0. The van der Waals surface area contributed by atoms with Crippen molar-refractivity contribution in [3.8, 4) is 0 Å². The van der Waals surface area contributed by atoms with E-state index in [1.165, 1.54) is 70.6 Å². The Bertz CT molecular complexity index is 609. The van der Waals surface area contributed by atoms with Gasteiger partial charge in [-0.2, -0.15) is 0 Å². The van der Waals surface area contributed by atoms with E-state index in [9.17, 15) is 9.59 Å². The van der Waals surface area contributed by atoms with Crippen molar-refractivity contribution in [1.29, 1.82) is 0 Å². The first-order chi connectivity index (χ1) is 14.4. The van der Waals surface area contributed by atoms with E-state index in [4.69, 9.17) is 0 Å². The highest BCUT2D eigenvalue weighted by molar-refractivity contribution is 5.88. The number of nitrogens with zero attached hydrogens (tertiary/aromatic N) is 2. The molecule has 6 fully saturated rings. The summed E-state index contributed by atoms with van der Waals surface area (Å²) in [6.07, 6.45) is 18.6. The fourth-order valence-corrected chi connectivity index (χ4v) is 8.78. The molecule has 0 atom stereocenters. The molecular weight excluding hydrogens is 372 g/mol. The molecule has 6 rings (SSSR count). The van der Waals surface area contributed by atoms with E-state index < -0.39 is 0 Å². The Morgan fingerprint density at radius 3 is 1.37 bits per heavy atom. The average Bonchev–Trinajstić information content (AvgIpc) is 2.77. The second kappa shape index (κ2) is 7.81. The molecule has 0 aromatic rings. The van der Waals surface area contributed by atoms with Gasteiger partial charge in [-0.1, -0.05) is 38.5 Å². The predicted molar refractivity (Wildman–Crippen MR) is 119 cm³/mol. The van der Waals surface area contributed by atoms with Crippen LogP contribution in [0.25, 0.3) is 0 Å². The molecule has 0 radical (unpaired) electrons. The molecule has 0 heterocycles. The van der Waals surface area contributed by atoms with Gasteiger partial charge in [-0.05, 0) is 76.0 Å². The highest BCUT2D eigenvalue weighted by Gasteiger charge is 2.64. The van der Waals surface area contributed by atoms with Gasteiger partial charge < -0.3 is 9.80 Å². The largest absolute Gasteiger partial charge is 0.342 e. The lowest BCUT2D eigenvalue weighted by atomic mass is 9.43. The minimum atomic E-state index is -0.251. The second-order valence-corrected chi connectivity index (χ2v) is 11.9. The standard InChI is InChI=1S/C26H42N2O2/c1-27(21-9-5-3-6-10-21)23(29)25-14-19-13-20(15-25)17-26(16-19,18-25)24(30)28(2)22-11-7-4-8-12-22/h19-22H,3-18H2,1-2H3. The van der Waals surface area contributed by atoms with Crippen molar-refractivity contribution in [2.75, 3.05) is 14.1 Å². The maximum Gasteiger partial charge on any atom is 0.228 e. The number of carbonyl (C=O) groups excluding carboxylic acids is 2. The van der Waals surface area contributed by atoms with Crippen molar-refractivity contribution in [1.82, 2.24) is 9.80 Å². The first kappa shape index (κ1) is 20.8. The van der Waals surface area contributed by atoms with E-state index in [1.807, 2.05) is 0 Å². The van der Waals surface area contributed by atoms with Crippen LogP contribution in [0.1, 0.15) is 103 Å². The molecule has 0 saturated heterocycles. The molecule has 2 amide bonds. The summed E-state index contributed by atoms with van der Waals surface area (Å²) in [6, 6.07) is 0.853. The van der Waals surface area contributed by atoms with Gasteiger partial charge in [-0.25, -0.2) is 0 Å². The van der Waals surface area contributed by atoms with Crippen LogP contribution in [-0.2, 0) is 9.59 Å². The van der Waals surface area contributed by atoms with Crippen LogP contribution in [0.2, 0.25) is 0 Å². The Labute approximate surface area is 183 Å². The smallest absolute Gasteiger partial charge is 0.228 e. The summed E-state index contributed by atoms with van der Waals surface area (Å²) in [7, 11) is 4.14. The molecule has 0 spiro atoms. The van der Waals surface area contributed by atoms with Crippen molar-refractivity contribution in [3.63, 3.8) is 0 Å². The highest BCUT2D eigenvalue weighted by atomic mass is 16.2. The van der Waals surface area contributed by atoms with Gasteiger partial charge in [0.2, 0.25) is 11.8 Å². The van der Waals surface area contributed by atoms with Crippen molar-refractivity contribution in [3.05, 3.63) is 0 Å². The van der Waals surface area contributed by atoms with Crippen LogP contribution in [0.15, 0.2) is 0 Å². The van der Waals surface area contributed by atoms with Gasteiger partial charge in [-0.3, -0.25) is 9.59 Å². The molecule has 0 aromatic heterocycles. The Hall–Kier alpha value is -1.06. The van der Waals surface area contributed by atoms with E-state index in [2.05, 4.69) is 23.9 Å². The Kier molecular flexibility index (Phi) is 5.42. The molecule has 0 aliphatic heterocycles. The van der Waals surface area contributed by atoms with E-state index in [0.29, 0.717) is 35.7 Å². The fraction of sp³-hybridized carbons (Fsp3) is 0.923. The lowest BCUT2D eigenvalue weighted by Crippen LogP contribution is -2.63. The SMILES string of the molecule is CN(C(=O)C12CC3CC(C1)CC(C(=O)N(C)C1CCCCC1)(C3)C2)C1CCCCC1. The third-order valence-corrected chi connectivity index (χ3v) is 9.85. The van der Waals surface area contributed by atoms with Crippen LogP contribution in [0.5, 0.6) is 0 Å². The second-order valence-electron chi connectivity index (χ2n) is 11.9. The van der Waals surface area contributed by atoms with Crippen LogP contribution in [0.4, 0.5) is 0 Å². The zero-order valence-corrected chi connectivity index (χ0v) is 19.3. The van der Waals surface area contributed by atoms with Crippen LogP contribution in [0, 0.1) is 22.7 Å². The van der Waals surface area contributed by atoms with Crippen LogP contribution in [0.3, 0.4) is 0 Å². The third-order valence-electron chi connectivity index (χ3n) is 9.85. The number of carbonyl (C=O) groups is 2. The number of rotatable bonds is 4. The van der Waals surface area contributed by atoms with Gasteiger partial charge in [-0.15, -0.1) is 0 Å². The van der Waals surface area contributed by atoms with Gasteiger partial charge in [0, 0.05) is 26.2 Å². The average molecular weight is 415 g/mol. The summed E-state index contributed by atoms with van der Waals surface area (Å²) in [5.41, 5.74) is -0.501. The monoisotopic (exact) mass is 414 g/mol. The van der Waals surface area contributed by atoms with Gasteiger partial charge in [0.05, 0.1) is 10.8 Å². The topological polar surface area (TPSA) is 40.6 Å². The summed E-state index contributed by atoms with van der Waals surface area (Å²) >= 11 is 0. The summed E-state index contributed by atoms with van der Waals surface area (Å²) in [4.78, 5) is 32.1. The van der Waals surface area contributed by atoms with Gasteiger partial charge in [0.1, 0.15) is 0 Å². The van der Waals surface area contributed by atoms with Gasteiger partial charge in [0.15, 0.2) is 0 Å². The summed E-state index contributed by atoms with van der Waals surface area (Å²) in [5.74, 6) is 1.94. The van der Waals surface area contributed by atoms with Crippen molar-refractivity contribution < 1.29 is 9.59 Å². The molecule has 168 valence electrons. The van der Waals surface area contributed by atoms with E-state index in [-0.39, 0.29) is 10.8 Å². The molecular formula is C26H42N2O2. The van der Waals surface area contributed by atoms with Crippen LogP contribution >= 0.6 is 0 Å². The Balaban J connectivity index is 1.37. The molecule has 0 unspecified atom stereocenters. The lowest BCUT2D eigenvalue weighted by Gasteiger charge is -2.62. The highest BCUT2D eigenvalue weighted by Crippen LogP contribution is 2.66. The lowest BCUT2D eigenvalue weighted by molar-refractivity contribution is -0.181. The first-order valence-corrected chi connectivity index (χ1v) is 13.0. The van der Waals surface area contributed by atoms with Crippen molar-refractivity contribution in [2.24, 2.45) is 22.7 Å². The minimum Gasteiger partial charge on any atom is -0.342 e. The minimum absolute atomic E-state index is 0.251. The first-order valence-electron chi connectivity index (χ1n) is 13.0. The zero-order valence-electron chi connectivity index (χ0n) is 19.3. The predicted octanol–water partition coefficient (Wildman–Crippen LogP) is 5.16. The normalized spacial score (nSPS) is 39.1. The van der Waals surface area contributed by atoms with E-state index >= 15 is 0 Å². The molecule has 4 nitrogen and oxygen atoms in total. The molecule has 6 aliphatic rings. The quantitative estimate of drug-likeness (QED) is 0.638. The zero-order chi connectivity index (χ0) is 20.9. The van der Waals surface area contributed by atoms with E-state index in [0.717, 1.165) is 32.1 Å². The Morgan fingerprint density at radius 2 is 1.00 bits per heavy atom. The maximum absolute atomic E-state index is 13.9. The van der Waals surface area contributed by atoms with Crippen molar-refractivity contribution in [2.45, 2.75) is 115 Å². The van der Waals surface area contributed by atoms with Gasteiger partial charge in [0.25, 0.3) is 0 Å². The summed E-state index contributed by atoms with van der Waals surface area (Å²) < 4.78 is 0. The maximum atomic E-state index is 13.9. The number of hydrogen-bond acceptors (Lipinski definition) is 2. The molecule has 0 N–H and O–H groups in total. The molecule has 6 aliphatic carbocycles. The molecule has 4 bridgehead atoms. The summed E-state index contributed by atoms with van der Waals surface area (Å²) in [6.45, 7) is 0. The molecule has 6 saturated carbocycles.